The molecule has 3 nitrogen and oxygen atoms in total. The Morgan fingerprint density at radius 1 is 1.38 bits per heavy atom. The minimum absolute atomic E-state index is 0.725. The summed E-state index contributed by atoms with van der Waals surface area (Å²) in [6.07, 6.45) is 7.11. The summed E-state index contributed by atoms with van der Waals surface area (Å²) in [6.45, 7) is 4.94. The second-order valence-corrected chi connectivity index (χ2v) is 5.31. The summed E-state index contributed by atoms with van der Waals surface area (Å²) in [7, 11) is 2.08. The van der Waals surface area contributed by atoms with Crippen LogP contribution in [-0.4, -0.2) is 35.1 Å². The smallest absolute Gasteiger partial charge is 0.0227 e. The van der Waals surface area contributed by atoms with Gasteiger partial charge in [0.2, 0.25) is 0 Å². The van der Waals surface area contributed by atoms with E-state index in [4.69, 9.17) is 0 Å². The quantitative estimate of drug-likeness (QED) is 0.824. The number of nitrogens with zero attached hydrogens (tertiary/aromatic N) is 2. The van der Waals surface area contributed by atoms with Crippen molar-refractivity contribution in [2.75, 3.05) is 19.6 Å². The van der Waals surface area contributed by atoms with E-state index >= 15 is 0 Å². The summed E-state index contributed by atoms with van der Waals surface area (Å²) < 4.78 is 2.12. The van der Waals surface area contributed by atoms with Gasteiger partial charge in [-0.2, -0.15) is 0 Å². The maximum atomic E-state index is 3.73. The van der Waals surface area contributed by atoms with E-state index in [9.17, 15) is 0 Å². The van der Waals surface area contributed by atoms with Crippen molar-refractivity contribution in [2.24, 2.45) is 13.0 Å². The minimum atomic E-state index is 0.725. The first-order valence-corrected chi connectivity index (χ1v) is 6.38. The van der Waals surface area contributed by atoms with E-state index in [1.165, 1.54) is 38.0 Å². The van der Waals surface area contributed by atoms with Gasteiger partial charge in [0.25, 0.3) is 0 Å². The van der Waals surface area contributed by atoms with Gasteiger partial charge in [-0.15, -0.1) is 0 Å². The van der Waals surface area contributed by atoms with Crippen LogP contribution in [-0.2, 0) is 13.6 Å². The molecule has 3 aliphatic rings. The average molecular weight is 219 g/mol. The zero-order chi connectivity index (χ0) is 11.0. The third-order valence-electron chi connectivity index (χ3n) is 4.12. The first-order valence-electron chi connectivity index (χ1n) is 6.38. The lowest BCUT2D eigenvalue weighted by atomic mass is 9.84. The number of piperidine rings is 3. The Labute approximate surface area is 97.4 Å². The highest BCUT2D eigenvalue weighted by atomic mass is 15.2. The molecule has 3 fully saturated rings. The van der Waals surface area contributed by atoms with Crippen LogP contribution >= 0.6 is 0 Å². The van der Waals surface area contributed by atoms with Crippen LogP contribution < -0.4 is 5.32 Å². The number of rotatable bonds is 3. The summed E-state index contributed by atoms with van der Waals surface area (Å²) in [6, 6.07) is 2.93. The Morgan fingerprint density at radius 3 is 2.75 bits per heavy atom. The number of aromatic nitrogens is 1. The van der Waals surface area contributed by atoms with Gasteiger partial charge in [0.1, 0.15) is 0 Å². The van der Waals surface area contributed by atoms with Crippen molar-refractivity contribution in [3.63, 3.8) is 0 Å². The second kappa shape index (κ2) is 4.22. The van der Waals surface area contributed by atoms with Crippen LogP contribution in [0.4, 0.5) is 0 Å². The van der Waals surface area contributed by atoms with Crippen molar-refractivity contribution >= 4 is 0 Å². The van der Waals surface area contributed by atoms with E-state index in [0.717, 1.165) is 18.5 Å². The fraction of sp³-hybridized carbons (Fsp3) is 0.692. The maximum Gasteiger partial charge on any atom is 0.0227 e. The summed E-state index contributed by atoms with van der Waals surface area (Å²) in [5, 5.41) is 3.73. The van der Waals surface area contributed by atoms with Crippen molar-refractivity contribution in [1.82, 2.24) is 14.8 Å². The van der Waals surface area contributed by atoms with Crippen molar-refractivity contribution in [2.45, 2.75) is 25.4 Å². The summed E-state index contributed by atoms with van der Waals surface area (Å²) in [5.74, 6) is 0.925. The van der Waals surface area contributed by atoms with E-state index in [-0.39, 0.29) is 0 Å². The van der Waals surface area contributed by atoms with Crippen LogP contribution in [0.15, 0.2) is 18.5 Å². The largest absolute Gasteiger partial charge is 0.357 e. The molecule has 3 heteroatoms. The Bertz CT molecular complexity index is 350. The Hall–Kier alpha value is -0.800. The molecule has 0 saturated carbocycles. The predicted molar refractivity (Wildman–Crippen MR) is 65.2 cm³/mol. The number of aryl methyl sites for hydroxylation is 1. The number of fused-ring (bicyclic) bond motifs is 3. The standard InChI is InChI=1S/C13H21N3/c1-15-5-2-11(9-15)8-14-13-10-16-6-3-12(13)4-7-16/h2,5,9,12-14H,3-4,6-8,10H2,1H3. The molecule has 4 rings (SSSR count). The van der Waals surface area contributed by atoms with Gasteiger partial charge in [-0.3, -0.25) is 0 Å². The molecular formula is C13H21N3. The molecule has 0 aromatic carbocycles. The number of hydrogen-bond acceptors (Lipinski definition) is 2. The van der Waals surface area contributed by atoms with E-state index in [1.54, 1.807) is 0 Å². The minimum Gasteiger partial charge on any atom is -0.357 e. The molecule has 4 heterocycles. The Balaban J connectivity index is 1.55. The molecule has 0 amide bonds. The maximum absolute atomic E-state index is 3.73. The van der Waals surface area contributed by atoms with Gasteiger partial charge in [0, 0.05) is 38.6 Å². The average Bonchev–Trinajstić information content (AvgIpc) is 2.74. The Kier molecular flexibility index (Phi) is 2.74. The summed E-state index contributed by atoms with van der Waals surface area (Å²) >= 11 is 0. The molecule has 3 saturated heterocycles. The number of hydrogen-bond donors (Lipinski definition) is 1. The molecule has 0 aliphatic carbocycles. The topological polar surface area (TPSA) is 20.2 Å². The zero-order valence-corrected chi connectivity index (χ0v) is 10.0. The molecule has 1 unspecified atom stereocenters. The fourth-order valence-corrected chi connectivity index (χ4v) is 3.11. The van der Waals surface area contributed by atoms with Crippen molar-refractivity contribution in [3.05, 3.63) is 24.0 Å². The molecule has 1 aromatic heterocycles. The molecule has 88 valence electrons. The van der Waals surface area contributed by atoms with E-state index < -0.39 is 0 Å². The monoisotopic (exact) mass is 219 g/mol. The van der Waals surface area contributed by atoms with E-state index in [2.05, 4.69) is 40.3 Å². The molecule has 16 heavy (non-hydrogen) atoms. The zero-order valence-electron chi connectivity index (χ0n) is 10.0. The summed E-state index contributed by atoms with van der Waals surface area (Å²) in [4.78, 5) is 2.60. The van der Waals surface area contributed by atoms with Crippen molar-refractivity contribution in [3.8, 4) is 0 Å². The van der Waals surface area contributed by atoms with Crippen LogP contribution in [0.25, 0.3) is 0 Å². The highest BCUT2D eigenvalue weighted by molar-refractivity contribution is 5.10. The van der Waals surface area contributed by atoms with E-state index in [0.29, 0.717) is 0 Å². The lowest BCUT2D eigenvalue weighted by Gasteiger charge is -2.45. The SMILES string of the molecule is Cn1ccc(CNC2CN3CCC2CC3)c1. The molecule has 0 radical (unpaired) electrons. The Morgan fingerprint density at radius 2 is 2.19 bits per heavy atom. The van der Waals surface area contributed by atoms with E-state index in [1.807, 2.05) is 0 Å². The number of nitrogens with one attached hydrogen (secondary N) is 1. The normalized spacial score (nSPS) is 33.2. The first kappa shape index (κ1) is 10.4. The van der Waals surface area contributed by atoms with Gasteiger partial charge < -0.3 is 14.8 Å². The molecule has 1 atom stereocenters. The van der Waals surface area contributed by atoms with Crippen LogP contribution in [0, 0.1) is 5.92 Å². The third-order valence-corrected chi connectivity index (χ3v) is 4.12. The highest BCUT2D eigenvalue weighted by Crippen LogP contribution is 2.27. The summed E-state index contributed by atoms with van der Waals surface area (Å²) in [5.41, 5.74) is 1.40. The van der Waals surface area contributed by atoms with Gasteiger partial charge in [-0.05, 0) is 43.5 Å². The second-order valence-electron chi connectivity index (χ2n) is 5.31. The van der Waals surface area contributed by atoms with Crippen LogP contribution in [0.1, 0.15) is 18.4 Å². The lowest BCUT2D eigenvalue weighted by Crippen LogP contribution is -2.55. The first-order chi connectivity index (χ1) is 7.81. The highest BCUT2D eigenvalue weighted by Gasteiger charge is 2.33. The molecule has 0 spiro atoms. The lowest BCUT2D eigenvalue weighted by molar-refractivity contribution is 0.0720. The molecule has 1 N–H and O–H groups in total. The van der Waals surface area contributed by atoms with Gasteiger partial charge in [0.05, 0.1) is 0 Å². The van der Waals surface area contributed by atoms with Crippen LogP contribution in [0.3, 0.4) is 0 Å². The molecule has 2 bridgehead atoms. The van der Waals surface area contributed by atoms with Gasteiger partial charge in [0.15, 0.2) is 0 Å². The van der Waals surface area contributed by atoms with Crippen LogP contribution in [0.5, 0.6) is 0 Å². The predicted octanol–water partition coefficient (Wildman–Crippen LogP) is 1.21. The third kappa shape index (κ3) is 2.02. The van der Waals surface area contributed by atoms with Gasteiger partial charge in [-0.25, -0.2) is 0 Å². The fourth-order valence-electron chi connectivity index (χ4n) is 3.11. The van der Waals surface area contributed by atoms with Crippen molar-refractivity contribution in [1.29, 1.82) is 0 Å². The molecule has 3 aliphatic heterocycles. The van der Waals surface area contributed by atoms with Gasteiger partial charge in [-0.1, -0.05) is 0 Å². The van der Waals surface area contributed by atoms with Crippen LogP contribution in [0.2, 0.25) is 0 Å². The van der Waals surface area contributed by atoms with Gasteiger partial charge >= 0.3 is 0 Å². The molecular weight excluding hydrogens is 198 g/mol. The van der Waals surface area contributed by atoms with Crippen molar-refractivity contribution < 1.29 is 0 Å². The molecule has 1 aromatic rings.